The zero-order chi connectivity index (χ0) is 18.1. The summed E-state index contributed by atoms with van der Waals surface area (Å²) in [6.45, 7) is 3.79. The number of rotatable bonds is 3. The average molecular weight is 345 g/mol. The molecule has 2 aromatic carbocycles. The minimum Gasteiger partial charge on any atom is -0.508 e. The lowest BCUT2D eigenvalue weighted by atomic mass is 9.88. The lowest BCUT2D eigenvalue weighted by Gasteiger charge is -2.27. The van der Waals surface area contributed by atoms with Crippen LogP contribution in [-0.2, 0) is 6.42 Å². The van der Waals surface area contributed by atoms with Gasteiger partial charge in [-0.3, -0.25) is 0 Å². The molecule has 0 radical (unpaired) electrons. The molecule has 1 aliphatic carbocycles. The Morgan fingerprint density at radius 2 is 1.88 bits per heavy atom. The number of hydrogen-bond donors (Lipinski definition) is 2. The number of anilines is 1. The first-order chi connectivity index (χ1) is 12.6. The van der Waals surface area contributed by atoms with Crippen molar-refractivity contribution in [2.75, 3.05) is 5.32 Å². The first-order valence-corrected chi connectivity index (χ1v) is 9.10. The second-order valence-electron chi connectivity index (χ2n) is 6.97. The van der Waals surface area contributed by atoms with Crippen LogP contribution >= 0.6 is 0 Å². The monoisotopic (exact) mass is 345 g/mol. The van der Waals surface area contributed by atoms with Crippen molar-refractivity contribution in [2.24, 2.45) is 0 Å². The molecule has 0 amide bonds. The van der Waals surface area contributed by atoms with Crippen LogP contribution in [0.1, 0.15) is 41.4 Å². The Hall–Kier alpha value is -2.88. The topological polar surface area (TPSA) is 58.0 Å². The molecule has 0 spiro atoms. The van der Waals surface area contributed by atoms with Crippen molar-refractivity contribution in [1.29, 1.82) is 0 Å². The summed E-state index contributed by atoms with van der Waals surface area (Å²) >= 11 is 0. The van der Waals surface area contributed by atoms with Crippen molar-refractivity contribution in [2.45, 2.75) is 39.2 Å². The molecule has 4 heteroatoms. The first kappa shape index (κ1) is 16.6. The van der Waals surface area contributed by atoms with Crippen LogP contribution in [0.5, 0.6) is 5.75 Å². The van der Waals surface area contributed by atoms with Gasteiger partial charge in [0.2, 0.25) is 0 Å². The van der Waals surface area contributed by atoms with E-state index >= 15 is 0 Å². The van der Waals surface area contributed by atoms with E-state index in [2.05, 4.69) is 39.6 Å². The molecule has 0 fully saturated rings. The second kappa shape index (κ2) is 6.79. The van der Waals surface area contributed by atoms with Crippen molar-refractivity contribution < 1.29 is 5.11 Å². The van der Waals surface area contributed by atoms with Crippen molar-refractivity contribution >= 4 is 5.82 Å². The molecule has 0 aliphatic heterocycles. The third-order valence-corrected chi connectivity index (χ3v) is 5.03. The Bertz CT molecular complexity index is 952. The van der Waals surface area contributed by atoms with Gasteiger partial charge in [0.15, 0.2) is 0 Å². The summed E-state index contributed by atoms with van der Waals surface area (Å²) in [7, 11) is 0. The molecule has 3 aromatic rings. The minimum atomic E-state index is 0.272. The lowest BCUT2D eigenvalue weighted by molar-refractivity contribution is 0.471. The number of aromatic hydroxyl groups is 1. The number of hydrogen-bond acceptors (Lipinski definition) is 4. The maximum atomic E-state index is 10.0. The van der Waals surface area contributed by atoms with Gasteiger partial charge >= 0.3 is 0 Å². The largest absolute Gasteiger partial charge is 0.508 e. The van der Waals surface area contributed by atoms with E-state index in [0.29, 0.717) is 5.82 Å². The number of fused-ring (bicyclic) bond motifs is 1. The Morgan fingerprint density at radius 3 is 2.73 bits per heavy atom. The summed E-state index contributed by atoms with van der Waals surface area (Å²) in [5.74, 6) is 1.83. The van der Waals surface area contributed by atoms with Gasteiger partial charge in [0.25, 0.3) is 0 Å². The number of benzene rings is 2. The third kappa shape index (κ3) is 3.27. The van der Waals surface area contributed by atoms with Crippen molar-refractivity contribution in [3.63, 3.8) is 0 Å². The first-order valence-electron chi connectivity index (χ1n) is 9.10. The summed E-state index contributed by atoms with van der Waals surface area (Å²) in [6.07, 6.45) is 3.42. The highest BCUT2D eigenvalue weighted by Crippen LogP contribution is 2.33. The fourth-order valence-corrected chi connectivity index (χ4v) is 3.64. The predicted molar refractivity (Wildman–Crippen MR) is 104 cm³/mol. The van der Waals surface area contributed by atoms with Gasteiger partial charge in [-0.1, -0.05) is 36.4 Å². The SMILES string of the molecule is Cc1nc(N[C@@H]2CCCc3ccccc32)cc(-c2ccc(C)c(O)c2)n1. The molecule has 4 rings (SSSR count). The maximum absolute atomic E-state index is 10.0. The van der Waals surface area contributed by atoms with E-state index in [4.69, 9.17) is 0 Å². The van der Waals surface area contributed by atoms with E-state index in [1.807, 2.05) is 32.0 Å². The number of phenolic OH excluding ortho intramolecular Hbond substituents is 1. The Balaban J connectivity index is 1.66. The fourth-order valence-electron chi connectivity index (χ4n) is 3.64. The van der Waals surface area contributed by atoms with E-state index in [0.717, 1.165) is 35.5 Å². The van der Waals surface area contributed by atoms with E-state index in [1.54, 1.807) is 6.07 Å². The number of aryl methyl sites for hydroxylation is 3. The summed E-state index contributed by atoms with van der Waals surface area (Å²) in [5.41, 5.74) is 5.36. The normalized spacial score (nSPS) is 16.2. The van der Waals surface area contributed by atoms with Gasteiger partial charge in [0.05, 0.1) is 11.7 Å². The number of nitrogens with one attached hydrogen (secondary N) is 1. The maximum Gasteiger partial charge on any atom is 0.130 e. The van der Waals surface area contributed by atoms with Gasteiger partial charge in [0, 0.05) is 11.6 Å². The zero-order valence-corrected chi connectivity index (χ0v) is 15.2. The van der Waals surface area contributed by atoms with Gasteiger partial charge in [0.1, 0.15) is 17.4 Å². The highest BCUT2D eigenvalue weighted by atomic mass is 16.3. The molecule has 1 aliphatic rings. The molecule has 1 heterocycles. The van der Waals surface area contributed by atoms with Crippen LogP contribution in [0.4, 0.5) is 5.82 Å². The summed E-state index contributed by atoms with van der Waals surface area (Å²) in [5, 5.41) is 13.6. The highest BCUT2D eigenvalue weighted by Gasteiger charge is 2.20. The molecule has 1 atom stereocenters. The third-order valence-electron chi connectivity index (χ3n) is 5.03. The minimum absolute atomic E-state index is 0.272. The van der Waals surface area contributed by atoms with Gasteiger partial charge in [-0.25, -0.2) is 9.97 Å². The number of aromatic nitrogens is 2. The Morgan fingerprint density at radius 1 is 1.04 bits per heavy atom. The molecule has 0 saturated heterocycles. The van der Waals surface area contributed by atoms with Gasteiger partial charge in [-0.2, -0.15) is 0 Å². The van der Waals surface area contributed by atoms with Crippen LogP contribution in [0.15, 0.2) is 48.5 Å². The van der Waals surface area contributed by atoms with Crippen LogP contribution in [0.25, 0.3) is 11.3 Å². The average Bonchev–Trinajstić information content (AvgIpc) is 2.64. The van der Waals surface area contributed by atoms with Gasteiger partial charge in [-0.15, -0.1) is 0 Å². The highest BCUT2D eigenvalue weighted by molar-refractivity contribution is 5.65. The van der Waals surface area contributed by atoms with Gasteiger partial charge < -0.3 is 10.4 Å². The van der Waals surface area contributed by atoms with E-state index < -0.39 is 0 Å². The van der Waals surface area contributed by atoms with Crippen molar-refractivity contribution in [3.05, 3.63) is 71.0 Å². The van der Waals surface area contributed by atoms with Crippen LogP contribution in [-0.4, -0.2) is 15.1 Å². The summed E-state index contributed by atoms with van der Waals surface area (Å²) < 4.78 is 0. The molecule has 0 bridgehead atoms. The zero-order valence-electron chi connectivity index (χ0n) is 15.2. The van der Waals surface area contributed by atoms with Gasteiger partial charge in [-0.05, 0) is 55.9 Å². The van der Waals surface area contributed by atoms with Crippen molar-refractivity contribution in [3.8, 4) is 17.0 Å². The fraction of sp³-hybridized carbons (Fsp3) is 0.273. The second-order valence-corrected chi connectivity index (χ2v) is 6.97. The lowest BCUT2D eigenvalue weighted by Crippen LogP contribution is -2.18. The molecule has 2 N–H and O–H groups in total. The smallest absolute Gasteiger partial charge is 0.130 e. The van der Waals surface area contributed by atoms with Crippen LogP contribution in [0.3, 0.4) is 0 Å². The molecular formula is C22H23N3O. The van der Waals surface area contributed by atoms with Crippen LogP contribution < -0.4 is 5.32 Å². The molecule has 1 aromatic heterocycles. The molecule has 0 saturated carbocycles. The van der Waals surface area contributed by atoms with E-state index in [1.165, 1.54) is 17.5 Å². The van der Waals surface area contributed by atoms with Crippen LogP contribution in [0, 0.1) is 13.8 Å². The molecule has 132 valence electrons. The summed E-state index contributed by atoms with van der Waals surface area (Å²) in [4.78, 5) is 9.13. The predicted octanol–water partition coefficient (Wildman–Crippen LogP) is 4.96. The number of nitrogens with zero attached hydrogens (tertiary/aromatic N) is 2. The van der Waals surface area contributed by atoms with E-state index in [-0.39, 0.29) is 11.8 Å². The van der Waals surface area contributed by atoms with E-state index in [9.17, 15) is 5.11 Å². The van der Waals surface area contributed by atoms with Crippen LogP contribution in [0.2, 0.25) is 0 Å². The standard InChI is InChI=1S/C22H23N3O/c1-14-10-11-17(12-21(14)26)20-13-22(24-15(2)23-20)25-19-9-5-7-16-6-3-4-8-18(16)19/h3-4,6,8,10-13,19,26H,5,7,9H2,1-2H3,(H,23,24,25)/t19-/m1/s1. The summed E-state index contributed by atoms with van der Waals surface area (Å²) in [6, 6.07) is 16.5. The Kier molecular flexibility index (Phi) is 4.33. The van der Waals surface area contributed by atoms with Crippen molar-refractivity contribution in [1.82, 2.24) is 9.97 Å². The molecule has 26 heavy (non-hydrogen) atoms. The number of phenols is 1. The Labute approximate surface area is 154 Å². The molecule has 4 nitrogen and oxygen atoms in total. The quantitative estimate of drug-likeness (QED) is 0.705. The molecule has 0 unspecified atom stereocenters. The molecular weight excluding hydrogens is 322 g/mol.